The van der Waals surface area contributed by atoms with Crippen LogP contribution in [0.4, 0.5) is 0 Å². The van der Waals surface area contributed by atoms with Gasteiger partial charge >= 0.3 is 0 Å². The number of aryl methyl sites for hydroxylation is 2. The molecule has 2 aromatic rings. The lowest BCUT2D eigenvalue weighted by atomic mass is 9.98. The Kier molecular flexibility index (Phi) is 5.15. The van der Waals surface area contributed by atoms with Crippen molar-refractivity contribution < 1.29 is 0 Å². The van der Waals surface area contributed by atoms with Crippen molar-refractivity contribution >= 4 is 0 Å². The molecular formula is C17H26N4. The third-order valence-electron chi connectivity index (χ3n) is 3.97. The molecule has 2 rings (SSSR count). The molecular weight excluding hydrogens is 260 g/mol. The van der Waals surface area contributed by atoms with Gasteiger partial charge in [-0.15, -0.1) is 0 Å². The Morgan fingerprint density at radius 1 is 1.24 bits per heavy atom. The number of nitrogens with two attached hydrogens (primary N) is 1. The van der Waals surface area contributed by atoms with E-state index >= 15 is 0 Å². The Morgan fingerprint density at radius 3 is 2.38 bits per heavy atom. The zero-order valence-corrected chi connectivity index (χ0v) is 13.4. The average molecular weight is 286 g/mol. The van der Waals surface area contributed by atoms with Crippen LogP contribution in [0.5, 0.6) is 0 Å². The van der Waals surface area contributed by atoms with Crippen LogP contribution in [0.25, 0.3) is 0 Å². The Morgan fingerprint density at radius 2 is 1.90 bits per heavy atom. The molecule has 0 saturated carbocycles. The molecule has 0 saturated heterocycles. The van der Waals surface area contributed by atoms with Gasteiger partial charge in [0.05, 0.1) is 17.4 Å². The number of hydrazine groups is 1. The quantitative estimate of drug-likeness (QED) is 0.634. The summed E-state index contributed by atoms with van der Waals surface area (Å²) in [6.07, 6.45) is 1.80. The molecule has 0 fully saturated rings. The average Bonchev–Trinajstić information content (AvgIpc) is 2.86. The van der Waals surface area contributed by atoms with Crippen molar-refractivity contribution in [3.05, 3.63) is 52.8 Å². The maximum Gasteiger partial charge on any atom is 0.0669 e. The van der Waals surface area contributed by atoms with Crippen LogP contribution in [-0.4, -0.2) is 9.78 Å². The number of rotatable bonds is 6. The Labute approximate surface area is 127 Å². The van der Waals surface area contributed by atoms with Crippen molar-refractivity contribution in [2.75, 3.05) is 0 Å². The van der Waals surface area contributed by atoms with E-state index in [1.54, 1.807) is 0 Å². The third kappa shape index (κ3) is 3.71. The number of nitrogens with zero attached hydrogens (tertiary/aromatic N) is 2. The summed E-state index contributed by atoms with van der Waals surface area (Å²) in [7, 11) is 1.97. The summed E-state index contributed by atoms with van der Waals surface area (Å²) < 4.78 is 1.92. The molecule has 114 valence electrons. The Balaban J connectivity index is 2.16. The lowest BCUT2D eigenvalue weighted by Crippen LogP contribution is -2.31. The minimum Gasteiger partial charge on any atom is -0.271 e. The number of hydrogen-bond donors (Lipinski definition) is 2. The van der Waals surface area contributed by atoms with Crippen molar-refractivity contribution in [3.8, 4) is 0 Å². The monoisotopic (exact) mass is 286 g/mol. The van der Waals surface area contributed by atoms with Gasteiger partial charge in [0.15, 0.2) is 0 Å². The van der Waals surface area contributed by atoms with Gasteiger partial charge in [-0.05, 0) is 36.0 Å². The molecule has 1 heterocycles. The second-order valence-corrected chi connectivity index (χ2v) is 5.86. The molecule has 1 atom stereocenters. The van der Waals surface area contributed by atoms with Gasteiger partial charge in [-0.1, -0.05) is 45.0 Å². The fourth-order valence-corrected chi connectivity index (χ4v) is 2.57. The van der Waals surface area contributed by atoms with Gasteiger partial charge in [0.2, 0.25) is 0 Å². The van der Waals surface area contributed by atoms with E-state index in [4.69, 9.17) is 5.84 Å². The highest BCUT2D eigenvalue weighted by molar-refractivity contribution is 5.26. The molecule has 0 amide bonds. The van der Waals surface area contributed by atoms with E-state index in [2.05, 4.69) is 61.6 Å². The second-order valence-electron chi connectivity index (χ2n) is 5.86. The summed E-state index contributed by atoms with van der Waals surface area (Å²) in [5.41, 5.74) is 7.79. The molecule has 0 aliphatic carbocycles. The first-order chi connectivity index (χ1) is 10.0. The van der Waals surface area contributed by atoms with Crippen molar-refractivity contribution in [1.82, 2.24) is 15.2 Å². The molecule has 1 aromatic carbocycles. The molecule has 3 N–H and O–H groups in total. The SMILES string of the molecule is CCc1cc(C(Cc2ccc(C(C)C)cc2)NN)n(C)n1. The van der Waals surface area contributed by atoms with Gasteiger partial charge in [-0.2, -0.15) is 5.10 Å². The second kappa shape index (κ2) is 6.87. The smallest absolute Gasteiger partial charge is 0.0669 e. The molecule has 0 radical (unpaired) electrons. The van der Waals surface area contributed by atoms with E-state index in [1.807, 2.05) is 11.7 Å². The highest BCUT2D eigenvalue weighted by atomic mass is 15.3. The van der Waals surface area contributed by atoms with Gasteiger partial charge < -0.3 is 0 Å². The highest BCUT2D eigenvalue weighted by Gasteiger charge is 2.16. The predicted molar refractivity (Wildman–Crippen MR) is 86.9 cm³/mol. The molecule has 0 aliphatic heterocycles. The van der Waals surface area contributed by atoms with Crippen molar-refractivity contribution in [1.29, 1.82) is 0 Å². The molecule has 4 nitrogen and oxygen atoms in total. The Bertz CT molecular complexity index is 569. The topological polar surface area (TPSA) is 55.9 Å². The fraction of sp³-hybridized carbons (Fsp3) is 0.471. The minimum atomic E-state index is 0.0766. The molecule has 1 aromatic heterocycles. The van der Waals surface area contributed by atoms with E-state index in [0.29, 0.717) is 5.92 Å². The van der Waals surface area contributed by atoms with Gasteiger partial charge in [0, 0.05) is 7.05 Å². The molecule has 0 spiro atoms. The predicted octanol–water partition coefficient (Wildman–Crippen LogP) is 2.85. The molecule has 1 unspecified atom stereocenters. The molecule has 0 bridgehead atoms. The van der Waals surface area contributed by atoms with Crippen LogP contribution < -0.4 is 11.3 Å². The lowest BCUT2D eigenvalue weighted by molar-refractivity contribution is 0.508. The largest absolute Gasteiger partial charge is 0.271 e. The van der Waals surface area contributed by atoms with Crippen LogP contribution in [-0.2, 0) is 19.9 Å². The van der Waals surface area contributed by atoms with Gasteiger partial charge in [0.1, 0.15) is 0 Å². The fourth-order valence-electron chi connectivity index (χ4n) is 2.57. The zero-order chi connectivity index (χ0) is 15.4. The molecule has 0 aliphatic rings. The summed E-state index contributed by atoms with van der Waals surface area (Å²) in [4.78, 5) is 0. The van der Waals surface area contributed by atoms with E-state index < -0.39 is 0 Å². The minimum absolute atomic E-state index is 0.0766. The van der Waals surface area contributed by atoms with Crippen LogP contribution in [0.3, 0.4) is 0 Å². The van der Waals surface area contributed by atoms with E-state index in [0.717, 1.165) is 24.2 Å². The van der Waals surface area contributed by atoms with E-state index in [9.17, 15) is 0 Å². The van der Waals surface area contributed by atoms with Crippen LogP contribution >= 0.6 is 0 Å². The lowest BCUT2D eigenvalue weighted by Gasteiger charge is -2.16. The van der Waals surface area contributed by atoms with E-state index in [-0.39, 0.29) is 6.04 Å². The van der Waals surface area contributed by atoms with Crippen molar-refractivity contribution in [3.63, 3.8) is 0 Å². The standard InChI is InChI=1S/C17H26N4/c1-5-15-11-17(21(4)20-15)16(19-18)10-13-6-8-14(9-7-13)12(2)3/h6-9,11-12,16,19H,5,10,18H2,1-4H3. The molecule has 4 heteroatoms. The summed E-state index contributed by atoms with van der Waals surface area (Å²) in [6, 6.07) is 11.0. The zero-order valence-electron chi connectivity index (χ0n) is 13.4. The summed E-state index contributed by atoms with van der Waals surface area (Å²) >= 11 is 0. The summed E-state index contributed by atoms with van der Waals surface area (Å²) in [6.45, 7) is 6.53. The number of hydrogen-bond acceptors (Lipinski definition) is 3. The summed E-state index contributed by atoms with van der Waals surface area (Å²) in [5, 5.41) is 4.50. The van der Waals surface area contributed by atoms with Crippen molar-refractivity contribution in [2.24, 2.45) is 12.9 Å². The number of aromatic nitrogens is 2. The summed E-state index contributed by atoms with van der Waals surface area (Å²) in [5.74, 6) is 6.32. The first kappa shape index (κ1) is 15.7. The number of benzene rings is 1. The normalized spacial score (nSPS) is 12.9. The first-order valence-electron chi connectivity index (χ1n) is 7.63. The van der Waals surface area contributed by atoms with Crippen LogP contribution in [0.1, 0.15) is 55.2 Å². The maximum absolute atomic E-state index is 5.76. The van der Waals surface area contributed by atoms with Crippen molar-refractivity contribution in [2.45, 2.75) is 45.6 Å². The van der Waals surface area contributed by atoms with Crippen LogP contribution in [0, 0.1) is 0 Å². The highest BCUT2D eigenvalue weighted by Crippen LogP contribution is 2.21. The number of nitrogens with one attached hydrogen (secondary N) is 1. The van der Waals surface area contributed by atoms with Crippen LogP contribution in [0.15, 0.2) is 30.3 Å². The van der Waals surface area contributed by atoms with Crippen LogP contribution in [0.2, 0.25) is 0 Å². The maximum atomic E-state index is 5.76. The van der Waals surface area contributed by atoms with Gasteiger partial charge in [-0.25, -0.2) is 0 Å². The molecule has 21 heavy (non-hydrogen) atoms. The van der Waals surface area contributed by atoms with Gasteiger partial charge in [0.25, 0.3) is 0 Å². The Hall–Kier alpha value is -1.65. The third-order valence-corrected chi connectivity index (χ3v) is 3.97. The van der Waals surface area contributed by atoms with E-state index in [1.165, 1.54) is 11.1 Å². The first-order valence-corrected chi connectivity index (χ1v) is 7.63. The van der Waals surface area contributed by atoms with Gasteiger partial charge in [-0.3, -0.25) is 16.0 Å².